The van der Waals surface area contributed by atoms with Crippen LogP contribution in [0.2, 0.25) is 0 Å². The van der Waals surface area contributed by atoms with Crippen molar-refractivity contribution in [3.05, 3.63) is 59.7 Å². The summed E-state index contributed by atoms with van der Waals surface area (Å²) in [7, 11) is 4.94. The average molecular weight is 332 g/mol. The molecule has 22 heavy (non-hydrogen) atoms. The highest BCUT2D eigenvalue weighted by Crippen LogP contribution is 2.40. The van der Waals surface area contributed by atoms with Gasteiger partial charge >= 0.3 is 0 Å². The zero-order chi connectivity index (χ0) is 16.4. The van der Waals surface area contributed by atoms with Crippen LogP contribution < -0.4 is 5.32 Å². The molecule has 2 aromatic rings. The summed E-state index contributed by atoms with van der Waals surface area (Å²) in [5.41, 5.74) is 1.97. The highest BCUT2D eigenvalue weighted by molar-refractivity contribution is 8.76. The monoisotopic (exact) mass is 332 g/mol. The maximum atomic E-state index is 11.8. The highest BCUT2D eigenvalue weighted by atomic mass is 33.1. The molecule has 0 radical (unpaired) electrons. The third-order valence-corrected chi connectivity index (χ3v) is 5.26. The van der Waals surface area contributed by atoms with Crippen LogP contribution in [0.5, 0.6) is 0 Å². The molecule has 0 aliphatic rings. The number of aryl methyl sites for hydroxylation is 1. The highest BCUT2D eigenvalue weighted by Gasteiger charge is 2.10. The molecule has 0 aliphatic heterocycles. The molecular formula is C16H16N2O2S2. The second-order valence-corrected chi connectivity index (χ2v) is 6.32. The molecule has 0 aromatic heterocycles. The largest absolute Gasteiger partial charge is 0.355 e. The fraction of sp³-hybridized carbons (Fsp3) is 0.125. The molecule has 0 bridgehead atoms. The fourth-order valence-electron chi connectivity index (χ4n) is 1.60. The Morgan fingerprint density at radius 1 is 1.05 bits per heavy atom. The Balaban J connectivity index is 0.000000745. The van der Waals surface area contributed by atoms with Crippen LogP contribution in [0.25, 0.3) is 0 Å². The third-order valence-electron chi connectivity index (χ3n) is 2.67. The average Bonchev–Trinajstić information content (AvgIpc) is 2.54. The van der Waals surface area contributed by atoms with Crippen molar-refractivity contribution in [3.8, 4) is 0 Å². The van der Waals surface area contributed by atoms with Gasteiger partial charge in [-0.1, -0.05) is 51.9 Å². The molecule has 0 unspecified atom stereocenters. The first kappa shape index (κ1) is 18.0. The lowest BCUT2D eigenvalue weighted by molar-refractivity contribution is 0.0960. The molecule has 4 nitrogen and oxygen atoms in total. The molecule has 0 saturated carbocycles. The molecule has 0 atom stereocenters. The molecule has 6 heteroatoms. The quantitative estimate of drug-likeness (QED) is 0.503. The lowest BCUT2D eigenvalue weighted by Gasteiger charge is -2.08. The predicted octanol–water partition coefficient (Wildman–Crippen LogP) is 4.05. The van der Waals surface area contributed by atoms with Crippen molar-refractivity contribution in [2.24, 2.45) is 0 Å². The minimum atomic E-state index is -0.0477. The Kier molecular flexibility index (Phi) is 8.07. The Labute approximate surface area is 137 Å². The minimum absolute atomic E-state index is 0.0477. The van der Waals surface area contributed by atoms with Crippen LogP contribution in [0.15, 0.2) is 58.3 Å². The van der Waals surface area contributed by atoms with E-state index in [1.807, 2.05) is 36.4 Å². The maximum absolute atomic E-state index is 11.8. The number of carbonyl (C=O) groups is 1. The number of nitrogens with one attached hydrogen (secondary N) is 2. The molecule has 2 rings (SSSR count). The van der Waals surface area contributed by atoms with Crippen molar-refractivity contribution in [2.45, 2.75) is 16.7 Å². The van der Waals surface area contributed by atoms with Gasteiger partial charge in [-0.05, 0) is 30.7 Å². The number of isocyanates is 1. The molecule has 1 amide bonds. The summed E-state index contributed by atoms with van der Waals surface area (Å²) in [6, 6.07) is 15.9. The number of hydrogen-bond donors (Lipinski definition) is 2. The van der Waals surface area contributed by atoms with E-state index in [1.165, 1.54) is 10.5 Å². The summed E-state index contributed by atoms with van der Waals surface area (Å²) in [5, 5.41) is 8.07. The van der Waals surface area contributed by atoms with Crippen LogP contribution in [0.4, 0.5) is 0 Å². The van der Waals surface area contributed by atoms with Gasteiger partial charge in [0.25, 0.3) is 5.91 Å². The van der Waals surface area contributed by atoms with Crippen molar-refractivity contribution in [3.63, 3.8) is 0 Å². The molecule has 0 spiro atoms. The lowest BCUT2D eigenvalue weighted by Crippen LogP contribution is -2.18. The Morgan fingerprint density at radius 3 is 2.14 bits per heavy atom. The van der Waals surface area contributed by atoms with E-state index in [1.54, 1.807) is 28.6 Å². The molecule has 2 N–H and O–H groups in total. The van der Waals surface area contributed by atoms with Gasteiger partial charge in [0.2, 0.25) is 6.08 Å². The number of amides is 1. The molecular weight excluding hydrogens is 316 g/mol. The summed E-state index contributed by atoms with van der Waals surface area (Å²) in [6.07, 6.45) is 0.750. The molecule has 114 valence electrons. The van der Waals surface area contributed by atoms with Gasteiger partial charge in [-0.25, -0.2) is 10.2 Å². The van der Waals surface area contributed by atoms with Gasteiger partial charge in [0.05, 0.1) is 5.56 Å². The van der Waals surface area contributed by atoms with Crippen LogP contribution in [-0.4, -0.2) is 19.0 Å². The number of hydrogen-bond acceptors (Lipinski definition) is 5. The first-order chi connectivity index (χ1) is 10.6. The van der Waals surface area contributed by atoms with Crippen LogP contribution in [-0.2, 0) is 4.79 Å². The van der Waals surface area contributed by atoms with E-state index in [9.17, 15) is 4.79 Å². The van der Waals surface area contributed by atoms with Gasteiger partial charge in [-0.15, -0.1) is 0 Å². The van der Waals surface area contributed by atoms with Crippen LogP contribution >= 0.6 is 21.6 Å². The van der Waals surface area contributed by atoms with Gasteiger partial charge in [-0.2, -0.15) is 0 Å². The maximum Gasteiger partial charge on any atom is 0.252 e. The van der Waals surface area contributed by atoms with Crippen molar-refractivity contribution < 1.29 is 9.59 Å². The van der Waals surface area contributed by atoms with Gasteiger partial charge in [0, 0.05) is 16.8 Å². The predicted molar refractivity (Wildman–Crippen MR) is 91.1 cm³/mol. The van der Waals surface area contributed by atoms with Crippen LogP contribution in [0.3, 0.4) is 0 Å². The molecule has 0 fully saturated rings. The van der Waals surface area contributed by atoms with Crippen molar-refractivity contribution in [1.82, 2.24) is 5.32 Å². The first-order valence-electron chi connectivity index (χ1n) is 6.39. The fourth-order valence-corrected chi connectivity index (χ4v) is 4.03. The summed E-state index contributed by atoms with van der Waals surface area (Å²) in [5.74, 6) is -0.0477. The molecule has 0 saturated heterocycles. The van der Waals surface area contributed by atoms with E-state index in [0.29, 0.717) is 0 Å². The number of carbonyl (C=O) groups excluding carboxylic acids is 2. The van der Waals surface area contributed by atoms with Crippen molar-refractivity contribution in [1.29, 1.82) is 5.41 Å². The smallest absolute Gasteiger partial charge is 0.252 e. The van der Waals surface area contributed by atoms with E-state index < -0.39 is 0 Å². The third kappa shape index (κ3) is 5.41. The number of benzene rings is 2. The van der Waals surface area contributed by atoms with Gasteiger partial charge < -0.3 is 5.32 Å². The number of rotatable bonds is 4. The minimum Gasteiger partial charge on any atom is -0.355 e. The van der Waals surface area contributed by atoms with E-state index >= 15 is 0 Å². The van der Waals surface area contributed by atoms with E-state index in [-0.39, 0.29) is 5.91 Å². The summed E-state index contributed by atoms with van der Waals surface area (Å²) >= 11 is 0. The van der Waals surface area contributed by atoms with E-state index in [2.05, 4.69) is 24.4 Å². The van der Waals surface area contributed by atoms with Crippen molar-refractivity contribution in [2.75, 3.05) is 7.05 Å². The first-order valence-corrected chi connectivity index (χ1v) is 8.54. The normalized spacial score (nSPS) is 9.18. The Morgan fingerprint density at radius 2 is 1.55 bits per heavy atom. The molecule has 0 heterocycles. The molecule has 0 aliphatic carbocycles. The summed E-state index contributed by atoms with van der Waals surface area (Å²) in [4.78, 5) is 22.3. The zero-order valence-corrected chi connectivity index (χ0v) is 13.9. The summed E-state index contributed by atoms with van der Waals surface area (Å²) in [6.45, 7) is 2.09. The second kappa shape index (κ2) is 9.84. The van der Waals surface area contributed by atoms with Gasteiger partial charge in [0.1, 0.15) is 0 Å². The topological polar surface area (TPSA) is 70.0 Å². The zero-order valence-electron chi connectivity index (χ0n) is 12.3. The Hall–Kier alpha value is -2.01. The van der Waals surface area contributed by atoms with E-state index in [0.717, 1.165) is 16.5 Å². The van der Waals surface area contributed by atoms with Gasteiger partial charge in [-0.3, -0.25) is 4.79 Å². The van der Waals surface area contributed by atoms with Crippen LogP contribution in [0.1, 0.15) is 15.9 Å². The Bertz CT molecular complexity index is 669. The second-order valence-electron chi connectivity index (χ2n) is 4.11. The van der Waals surface area contributed by atoms with Gasteiger partial charge in [0.15, 0.2) is 0 Å². The molecule has 2 aromatic carbocycles. The SMILES string of the molecule is CNC(=O)c1ccccc1SSc1ccccc1C.N=C=O. The van der Waals surface area contributed by atoms with E-state index in [4.69, 9.17) is 10.2 Å². The summed E-state index contributed by atoms with van der Waals surface area (Å²) < 4.78 is 0. The standard InChI is InChI=1S/C15H15NOS2.CHNO/c1-11-7-3-5-9-13(11)18-19-14-10-6-4-8-12(14)15(17)16-2;2-1-3/h3-10H,1-2H3,(H,16,17);2H. The van der Waals surface area contributed by atoms with Crippen LogP contribution in [0, 0.1) is 12.3 Å². The van der Waals surface area contributed by atoms with Crippen molar-refractivity contribution >= 4 is 33.6 Å². The lowest BCUT2D eigenvalue weighted by atomic mass is 10.2.